The van der Waals surface area contributed by atoms with Crippen molar-refractivity contribution in [2.75, 3.05) is 25.2 Å². The number of rotatable bonds is 8. The second kappa shape index (κ2) is 9.99. The van der Waals surface area contributed by atoms with E-state index in [0.717, 1.165) is 16.6 Å². The summed E-state index contributed by atoms with van der Waals surface area (Å²) in [4.78, 5) is 7.98. The zero-order chi connectivity index (χ0) is 22.8. The van der Waals surface area contributed by atoms with Gasteiger partial charge in [-0.25, -0.2) is 31.5 Å². The van der Waals surface area contributed by atoms with Crippen molar-refractivity contribution in [2.45, 2.75) is 19.9 Å². The number of nitrogens with zero attached hydrogens (tertiary/aromatic N) is 5. The number of hydrogen-bond acceptors (Lipinski definition) is 8. The SMILES string of the molecule is C.CN(CC(Nc1ncc(-c2nnc(C(F)F)o2)cn1)c1ccc(F)cc1F)S(C)(=O)=O. The van der Waals surface area contributed by atoms with Crippen LogP contribution in [0.1, 0.15) is 31.3 Å². The fourth-order valence-corrected chi connectivity index (χ4v) is 2.93. The average molecular weight is 476 g/mol. The second-order valence-corrected chi connectivity index (χ2v) is 8.54. The van der Waals surface area contributed by atoms with Gasteiger partial charge in [0, 0.05) is 37.6 Å². The molecule has 14 heteroatoms. The van der Waals surface area contributed by atoms with Crippen molar-refractivity contribution in [1.29, 1.82) is 0 Å². The van der Waals surface area contributed by atoms with Crippen molar-refractivity contribution in [3.63, 3.8) is 0 Å². The molecule has 0 amide bonds. The summed E-state index contributed by atoms with van der Waals surface area (Å²) in [6.07, 6.45) is 0.461. The number of hydrogen-bond donors (Lipinski definition) is 1. The minimum atomic E-state index is -3.60. The Hall–Kier alpha value is -3.13. The maximum Gasteiger partial charge on any atom is 0.314 e. The molecule has 1 atom stereocenters. The molecule has 0 saturated carbocycles. The highest BCUT2D eigenvalue weighted by molar-refractivity contribution is 7.88. The first-order valence-electron chi connectivity index (χ1n) is 8.61. The van der Waals surface area contributed by atoms with Crippen molar-refractivity contribution in [3.05, 3.63) is 53.7 Å². The van der Waals surface area contributed by atoms with Gasteiger partial charge in [-0.2, -0.15) is 8.78 Å². The van der Waals surface area contributed by atoms with Crippen molar-refractivity contribution < 1.29 is 30.4 Å². The summed E-state index contributed by atoms with van der Waals surface area (Å²) in [6.45, 7) is -0.214. The predicted molar refractivity (Wildman–Crippen MR) is 107 cm³/mol. The molecule has 0 saturated heterocycles. The largest absolute Gasteiger partial charge is 0.415 e. The Balaban J connectivity index is 0.00000363. The molecule has 9 nitrogen and oxygen atoms in total. The average Bonchev–Trinajstić information content (AvgIpc) is 3.18. The monoisotopic (exact) mass is 476 g/mol. The van der Waals surface area contributed by atoms with Crippen LogP contribution in [0.5, 0.6) is 0 Å². The third-order valence-electron chi connectivity index (χ3n) is 4.17. The van der Waals surface area contributed by atoms with Gasteiger partial charge in [-0.15, -0.1) is 10.2 Å². The van der Waals surface area contributed by atoms with Crippen LogP contribution in [0.15, 0.2) is 35.0 Å². The molecule has 0 aliphatic rings. The van der Waals surface area contributed by atoms with E-state index < -0.39 is 40.0 Å². The zero-order valence-corrected chi connectivity index (χ0v) is 16.9. The van der Waals surface area contributed by atoms with Crippen LogP contribution in [0.2, 0.25) is 0 Å². The lowest BCUT2D eigenvalue weighted by molar-refractivity contribution is 0.116. The molecule has 0 radical (unpaired) electrons. The molecule has 0 fully saturated rings. The number of alkyl halides is 2. The smallest absolute Gasteiger partial charge is 0.314 e. The Kier molecular flexibility index (Phi) is 7.85. The van der Waals surface area contributed by atoms with Gasteiger partial charge >= 0.3 is 6.43 Å². The van der Waals surface area contributed by atoms with Crippen LogP contribution in [0, 0.1) is 11.6 Å². The van der Waals surface area contributed by atoms with Gasteiger partial charge in [0.15, 0.2) is 0 Å². The molecule has 1 unspecified atom stereocenters. The molecule has 0 spiro atoms. The van der Waals surface area contributed by atoms with E-state index >= 15 is 0 Å². The zero-order valence-electron chi connectivity index (χ0n) is 16.1. The molecule has 0 bridgehead atoms. The van der Waals surface area contributed by atoms with Crippen molar-refractivity contribution in [1.82, 2.24) is 24.5 Å². The van der Waals surface area contributed by atoms with Crippen molar-refractivity contribution in [2.24, 2.45) is 0 Å². The lowest BCUT2D eigenvalue weighted by atomic mass is 10.1. The summed E-state index contributed by atoms with van der Waals surface area (Å²) < 4.78 is 82.1. The maximum absolute atomic E-state index is 14.3. The fourth-order valence-electron chi connectivity index (χ4n) is 2.51. The number of anilines is 1. The fraction of sp³-hybridized carbons (Fsp3) is 0.333. The van der Waals surface area contributed by atoms with E-state index in [9.17, 15) is 26.0 Å². The third-order valence-corrected chi connectivity index (χ3v) is 5.45. The molecule has 3 rings (SSSR count). The first-order chi connectivity index (χ1) is 14.5. The van der Waals surface area contributed by atoms with Gasteiger partial charge in [-0.3, -0.25) is 0 Å². The van der Waals surface area contributed by atoms with Gasteiger partial charge in [0.1, 0.15) is 11.6 Å². The minimum absolute atomic E-state index is 0. The molecule has 2 aromatic heterocycles. The van der Waals surface area contributed by atoms with E-state index in [1.165, 1.54) is 25.5 Å². The van der Waals surface area contributed by atoms with Crippen LogP contribution >= 0.6 is 0 Å². The topological polar surface area (TPSA) is 114 Å². The van der Waals surface area contributed by atoms with Gasteiger partial charge < -0.3 is 9.73 Å². The van der Waals surface area contributed by atoms with E-state index in [1.807, 2.05) is 0 Å². The number of benzene rings is 1. The van der Waals surface area contributed by atoms with E-state index in [2.05, 4.69) is 25.5 Å². The van der Waals surface area contributed by atoms with Crippen LogP contribution in [0.3, 0.4) is 0 Å². The van der Waals surface area contributed by atoms with Gasteiger partial charge in [0.25, 0.3) is 11.8 Å². The summed E-state index contributed by atoms with van der Waals surface area (Å²) in [6, 6.07) is 1.91. The van der Waals surface area contributed by atoms with Crippen LogP contribution in [-0.2, 0) is 10.0 Å². The van der Waals surface area contributed by atoms with E-state index in [4.69, 9.17) is 4.42 Å². The lowest BCUT2D eigenvalue weighted by Crippen LogP contribution is -2.33. The first-order valence-corrected chi connectivity index (χ1v) is 10.5. The molecular formula is C18H20F4N6O3S. The van der Waals surface area contributed by atoms with E-state index in [0.29, 0.717) is 6.07 Å². The lowest BCUT2D eigenvalue weighted by Gasteiger charge is -2.24. The second-order valence-electron chi connectivity index (χ2n) is 6.45. The highest BCUT2D eigenvalue weighted by atomic mass is 32.2. The highest BCUT2D eigenvalue weighted by Gasteiger charge is 2.23. The number of sulfonamides is 1. The van der Waals surface area contributed by atoms with Crippen molar-refractivity contribution >= 4 is 16.0 Å². The van der Waals surface area contributed by atoms with Gasteiger partial charge in [0.05, 0.1) is 17.9 Å². The number of halogens is 4. The van der Waals surface area contributed by atoms with E-state index in [1.54, 1.807) is 0 Å². The molecule has 1 aromatic carbocycles. The molecule has 1 N–H and O–H groups in total. The molecule has 2 heterocycles. The Labute approximate surface area is 181 Å². The highest BCUT2D eigenvalue weighted by Crippen LogP contribution is 2.25. The third kappa shape index (κ3) is 5.97. The molecule has 3 aromatic rings. The summed E-state index contributed by atoms with van der Waals surface area (Å²) >= 11 is 0. The standard InChI is InChI=1S/C17H16F4N6O3S.CH4/c1-27(31(2,28)29)8-13(11-4-3-10(18)5-12(11)19)24-17-22-6-9(7-23-17)15-25-26-16(30-15)14(20)21;/h3-7,13-14H,8H2,1-2H3,(H,22,23,24);1H4. The number of likely N-dealkylation sites (N-methyl/N-ethyl adjacent to an activating group) is 1. The van der Waals surface area contributed by atoms with Gasteiger partial charge in [-0.1, -0.05) is 13.5 Å². The van der Waals surface area contributed by atoms with Crippen LogP contribution < -0.4 is 5.32 Å². The molecule has 0 aliphatic carbocycles. The van der Waals surface area contributed by atoms with Gasteiger partial charge in [-0.05, 0) is 6.07 Å². The molecule has 32 heavy (non-hydrogen) atoms. The van der Waals surface area contributed by atoms with Crippen molar-refractivity contribution in [3.8, 4) is 11.5 Å². The van der Waals surface area contributed by atoms with E-state index in [-0.39, 0.29) is 36.9 Å². The predicted octanol–water partition coefficient (Wildman–Crippen LogP) is 3.42. The minimum Gasteiger partial charge on any atom is -0.415 e. The quantitative estimate of drug-likeness (QED) is 0.492. The number of nitrogens with one attached hydrogen (secondary N) is 1. The number of aromatic nitrogens is 4. The van der Waals surface area contributed by atoms with Crippen LogP contribution in [-0.4, -0.2) is 52.7 Å². The van der Waals surface area contributed by atoms with Crippen LogP contribution in [0.25, 0.3) is 11.5 Å². The summed E-state index contributed by atoms with van der Waals surface area (Å²) in [5.74, 6) is -2.79. The molecule has 174 valence electrons. The summed E-state index contributed by atoms with van der Waals surface area (Å²) in [5.41, 5.74) is 0.144. The van der Waals surface area contributed by atoms with Crippen LogP contribution in [0.4, 0.5) is 23.5 Å². The Morgan fingerprint density at radius 2 is 1.81 bits per heavy atom. The Bertz CT molecular complexity index is 1160. The van der Waals surface area contributed by atoms with Gasteiger partial charge in [0.2, 0.25) is 16.0 Å². The summed E-state index contributed by atoms with van der Waals surface area (Å²) in [7, 11) is -2.30. The Morgan fingerprint density at radius 3 is 2.34 bits per heavy atom. The molecular weight excluding hydrogens is 456 g/mol. The molecule has 0 aliphatic heterocycles. The summed E-state index contributed by atoms with van der Waals surface area (Å²) in [5, 5.41) is 9.46. The maximum atomic E-state index is 14.3. The first kappa shape index (κ1) is 25.1. The normalized spacial score (nSPS) is 12.6. The Morgan fingerprint density at radius 1 is 1.16 bits per heavy atom.